The van der Waals surface area contributed by atoms with Crippen LogP contribution in [0.15, 0.2) is 73.1 Å². The molecular weight excluding hydrogens is 368 g/mol. The number of nitrogens with zero attached hydrogens (tertiary/aromatic N) is 1. The summed E-state index contributed by atoms with van der Waals surface area (Å²) in [5.74, 6) is -0.707. The maximum absolute atomic E-state index is 12.4. The maximum atomic E-state index is 12.4. The zero-order valence-corrected chi connectivity index (χ0v) is 14.9. The number of carbonyl (C=O) groups excluding carboxylic acids is 1. The van der Waals surface area contributed by atoms with Gasteiger partial charge in [0.05, 0.1) is 18.3 Å². The van der Waals surface area contributed by atoms with E-state index in [0.717, 1.165) is 0 Å². The van der Waals surface area contributed by atoms with E-state index in [2.05, 4.69) is 5.32 Å². The molecule has 0 aliphatic heterocycles. The Morgan fingerprint density at radius 2 is 2.07 bits per heavy atom. The van der Waals surface area contributed by atoms with Gasteiger partial charge in [0, 0.05) is 5.56 Å². The molecule has 1 atom stereocenters. The second kappa shape index (κ2) is 6.90. The lowest BCUT2D eigenvalue weighted by Gasteiger charge is -2.25. The SMILES string of the molecule is O=C(Cn1c(=O)oc2ccccc21)NC[C@](O)(c1ccsc1)c1ccco1. The number of para-hydroxylation sites is 2. The number of hydrogen-bond donors (Lipinski definition) is 2. The molecule has 0 aliphatic carbocycles. The molecule has 1 aromatic carbocycles. The maximum Gasteiger partial charge on any atom is 0.420 e. The summed E-state index contributed by atoms with van der Waals surface area (Å²) < 4.78 is 11.7. The number of benzene rings is 1. The van der Waals surface area contributed by atoms with Crippen molar-refractivity contribution in [3.8, 4) is 0 Å². The Hall–Kier alpha value is -3.10. The van der Waals surface area contributed by atoms with E-state index < -0.39 is 17.3 Å². The monoisotopic (exact) mass is 384 g/mol. The number of amides is 1. The average molecular weight is 384 g/mol. The highest BCUT2D eigenvalue weighted by Gasteiger charge is 2.35. The van der Waals surface area contributed by atoms with Crippen molar-refractivity contribution < 1.29 is 18.7 Å². The standard InChI is InChI=1S/C19H16N2O5S/c22-17(10-21-14-4-1-2-5-15(14)26-18(21)23)20-12-19(24,13-7-9-27-11-13)16-6-3-8-25-16/h1-9,11,24H,10,12H2,(H,20,22)/t19-/m0/s1. The van der Waals surface area contributed by atoms with Gasteiger partial charge >= 0.3 is 5.76 Å². The van der Waals surface area contributed by atoms with Crippen molar-refractivity contribution in [2.24, 2.45) is 0 Å². The van der Waals surface area contributed by atoms with E-state index in [1.807, 2.05) is 5.38 Å². The summed E-state index contributed by atoms with van der Waals surface area (Å²) in [4.78, 5) is 24.4. The van der Waals surface area contributed by atoms with Gasteiger partial charge in [0.25, 0.3) is 0 Å². The van der Waals surface area contributed by atoms with Crippen LogP contribution >= 0.6 is 11.3 Å². The van der Waals surface area contributed by atoms with E-state index in [1.165, 1.54) is 22.2 Å². The average Bonchev–Trinajstić information content (AvgIpc) is 3.42. The van der Waals surface area contributed by atoms with Gasteiger partial charge in [0.1, 0.15) is 12.3 Å². The molecular formula is C19H16N2O5S. The van der Waals surface area contributed by atoms with Crippen LogP contribution in [0.4, 0.5) is 0 Å². The van der Waals surface area contributed by atoms with Crippen molar-refractivity contribution in [1.29, 1.82) is 0 Å². The number of hydrogen-bond acceptors (Lipinski definition) is 6. The van der Waals surface area contributed by atoms with E-state index in [-0.39, 0.29) is 13.1 Å². The van der Waals surface area contributed by atoms with Gasteiger partial charge in [-0.3, -0.25) is 9.36 Å². The Bertz CT molecular complexity index is 1070. The van der Waals surface area contributed by atoms with Gasteiger partial charge in [-0.1, -0.05) is 12.1 Å². The molecule has 0 radical (unpaired) electrons. The normalized spacial score (nSPS) is 13.5. The predicted octanol–water partition coefficient (Wildman–Crippen LogP) is 2.30. The highest BCUT2D eigenvalue weighted by atomic mass is 32.1. The van der Waals surface area contributed by atoms with Crippen LogP contribution in [0, 0.1) is 0 Å². The summed E-state index contributed by atoms with van der Waals surface area (Å²) in [5, 5.41) is 17.5. The summed E-state index contributed by atoms with van der Waals surface area (Å²) in [6.45, 7) is -0.311. The number of rotatable bonds is 6. The number of aromatic nitrogens is 1. The molecule has 0 saturated carbocycles. The van der Waals surface area contributed by atoms with Crippen LogP contribution in [-0.2, 0) is 16.9 Å². The Kier molecular flexibility index (Phi) is 4.43. The molecule has 7 nitrogen and oxygen atoms in total. The molecule has 4 rings (SSSR count). The van der Waals surface area contributed by atoms with Crippen LogP contribution in [0.3, 0.4) is 0 Å². The van der Waals surface area contributed by atoms with Gasteiger partial charge in [0.2, 0.25) is 5.91 Å². The van der Waals surface area contributed by atoms with Gasteiger partial charge in [-0.15, -0.1) is 0 Å². The fourth-order valence-corrected chi connectivity index (χ4v) is 3.66. The third-order valence-electron chi connectivity index (χ3n) is 4.34. The Morgan fingerprint density at radius 3 is 2.81 bits per heavy atom. The molecule has 3 heterocycles. The number of fused-ring (bicyclic) bond motifs is 1. The Balaban J connectivity index is 1.54. The minimum atomic E-state index is -1.50. The van der Waals surface area contributed by atoms with Crippen LogP contribution in [0.5, 0.6) is 0 Å². The highest BCUT2D eigenvalue weighted by molar-refractivity contribution is 7.08. The second-order valence-electron chi connectivity index (χ2n) is 6.05. The van der Waals surface area contributed by atoms with Gasteiger partial charge in [-0.2, -0.15) is 11.3 Å². The highest BCUT2D eigenvalue weighted by Crippen LogP contribution is 2.31. The third kappa shape index (κ3) is 3.20. The van der Waals surface area contributed by atoms with Crippen molar-refractivity contribution in [3.05, 3.63) is 81.4 Å². The summed E-state index contributed by atoms with van der Waals surface area (Å²) in [5.41, 5.74) is 0.0777. The Morgan fingerprint density at radius 1 is 1.22 bits per heavy atom. The molecule has 4 aromatic rings. The van der Waals surface area contributed by atoms with Gasteiger partial charge in [-0.05, 0) is 41.1 Å². The quantitative estimate of drug-likeness (QED) is 0.532. The summed E-state index contributed by atoms with van der Waals surface area (Å²) in [6.07, 6.45) is 1.46. The summed E-state index contributed by atoms with van der Waals surface area (Å²) in [6, 6.07) is 12.0. The molecule has 0 bridgehead atoms. The molecule has 0 saturated heterocycles. The number of nitrogens with one attached hydrogen (secondary N) is 1. The molecule has 0 unspecified atom stereocenters. The lowest BCUT2D eigenvalue weighted by atomic mass is 9.93. The first kappa shape index (κ1) is 17.3. The first-order chi connectivity index (χ1) is 13.1. The number of furan rings is 1. The molecule has 3 aromatic heterocycles. The number of aliphatic hydroxyl groups is 1. The van der Waals surface area contributed by atoms with Crippen LogP contribution < -0.4 is 11.1 Å². The van der Waals surface area contributed by atoms with Gasteiger partial charge in [0.15, 0.2) is 11.2 Å². The van der Waals surface area contributed by atoms with Gasteiger partial charge < -0.3 is 19.3 Å². The van der Waals surface area contributed by atoms with E-state index in [1.54, 1.807) is 47.8 Å². The van der Waals surface area contributed by atoms with E-state index in [4.69, 9.17) is 8.83 Å². The number of thiophene rings is 1. The largest absolute Gasteiger partial charge is 0.466 e. The molecule has 0 spiro atoms. The summed E-state index contributed by atoms with van der Waals surface area (Å²) >= 11 is 1.43. The second-order valence-corrected chi connectivity index (χ2v) is 6.83. The summed E-state index contributed by atoms with van der Waals surface area (Å²) in [7, 11) is 0. The number of oxazole rings is 1. The van der Waals surface area contributed by atoms with Crippen molar-refractivity contribution in [2.75, 3.05) is 6.54 Å². The lowest BCUT2D eigenvalue weighted by Crippen LogP contribution is -2.42. The first-order valence-corrected chi connectivity index (χ1v) is 9.16. The first-order valence-electron chi connectivity index (χ1n) is 8.22. The van der Waals surface area contributed by atoms with Crippen LogP contribution in [-0.4, -0.2) is 22.1 Å². The van der Waals surface area contributed by atoms with Crippen molar-refractivity contribution in [2.45, 2.75) is 12.1 Å². The third-order valence-corrected chi connectivity index (χ3v) is 5.03. The minimum Gasteiger partial charge on any atom is -0.466 e. The van der Waals surface area contributed by atoms with E-state index >= 15 is 0 Å². The smallest absolute Gasteiger partial charge is 0.420 e. The molecule has 27 heavy (non-hydrogen) atoms. The van der Waals surface area contributed by atoms with Crippen molar-refractivity contribution in [1.82, 2.24) is 9.88 Å². The molecule has 8 heteroatoms. The van der Waals surface area contributed by atoms with E-state index in [0.29, 0.717) is 22.4 Å². The predicted molar refractivity (Wildman–Crippen MR) is 99.5 cm³/mol. The van der Waals surface area contributed by atoms with Crippen LogP contribution in [0.25, 0.3) is 11.1 Å². The Labute approximate surface area is 157 Å². The van der Waals surface area contributed by atoms with Crippen molar-refractivity contribution >= 4 is 28.3 Å². The fraction of sp³-hybridized carbons (Fsp3) is 0.158. The van der Waals surface area contributed by atoms with E-state index in [9.17, 15) is 14.7 Å². The number of carbonyl (C=O) groups is 1. The molecule has 0 fully saturated rings. The van der Waals surface area contributed by atoms with Gasteiger partial charge in [-0.25, -0.2) is 4.79 Å². The fourth-order valence-electron chi connectivity index (χ4n) is 2.93. The topological polar surface area (TPSA) is 97.6 Å². The molecule has 0 aliphatic rings. The molecule has 2 N–H and O–H groups in total. The molecule has 1 amide bonds. The van der Waals surface area contributed by atoms with Crippen molar-refractivity contribution in [3.63, 3.8) is 0 Å². The lowest BCUT2D eigenvalue weighted by molar-refractivity contribution is -0.122. The van der Waals surface area contributed by atoms with Crippen LogP contribution in [0.1, 0.15) is 11.3 Å². The molecule has 138 valence electrons. The minimum absolute atomic E-state index is 0.0966. The van der Waals surface area contributed by atoms with Crippen LogP contribution in [0.2, 0.25) is 0 Å². The zero-order valence-electron chi connectivity index (χ0n) is 14.1. The zero-order chi connectivity index (χ0) is 18.9.